The number of methoxy groups -OCH3 is 1. The van der Waals surface area contributed by atoms with Gasteiger partial charge >= 0.3 is 6.18 Å². The number of alkyl halides is 3. The fraction of sp³-hybridized carbons (Fsp3) is 0.320. The molecule has 2 aromatic carbocycles. The molecule has 186 valence electrons. The van der Waals surface area contributed by atoms with Crippen LogP contribution in [-0.2, 0) is 12.8 Å². The van der Waals surface area contributed by atoms with Crippen LogP contribution in [0.5, 0.6) is 17.2 Å². The Kier molecular flexibility index (Phi) is 7.51. The van der Waals surface area contributed by atoms with Crippen molar-refractivity contribution in [2.24, 2.45) is 0 Å². The lowest BCUT2D eigenvalue weighted by Gasteiger charge is -2.13. The zero-order valence-corrected chi connectivity index (χ0v) is 20.4. The van der Waals surface area contributed by atoms with Crippen LogP contribution in [0.25, 0.3) is 16.0 Å². The monoisotopic (exact) mass is 505 g/mol. The lowest BCUT2D eigenvalue weighted by molar-refractivity contribution is -0.138. The van der Waals surface area contributed by atoms with Crippen molar-refractivity contribution in [1.29, 1.82) is 0 Å². The molecule has 0 saturated carbocycles. The van der Waals surface area contributed by atoms with Gasteiger partial charge in [-0.15, -0.1) is 11.3 Å². The number of aromatic nitrogens is 2. The average Bonchev–Trinajstić information content (AvgIpc) is 3.45. The minimum atomic E-state index is -4.43. The fourth-order valence-electron chi connectivity index (χ4n) is 3.62. The molecular formula is C25H26F3N3O3S. The van der Waals surface area contributed by atoms with Gasteiger partial charge in [0, 0.05) is 35.7 Å². The van der Waals surface area contributed by atoms with E-state index >= 15 is 0 Å². The van der Waals surface area contributed by atoms with Crippen molar-refractivity contribution in [3.63, 3.8) is 0 Å². The number of halogens is 3. The first kappa shape index (κ1) is 24.9. The van der Waals surface area contributed by atoms with Crippen LogP contribution < -0.4 is 14.2 Å². The number of ether oxygens (including phenoxy) is 3. The standard InChI is InChI=1S/C25H26F3N3O3S/c1-30(2)9-6-10-33-23-13-21-20(12-22(23)32-3)29-16-31(21)24-11-18(15-35-24)34-14-17-7-4-5-8-19(17)25(26,27)28/h4-5,7-8,11-13,15-16H,6,9-10,14H2,1-3H3. The number of nitrogens with zero attached hydrogens (tertiary/aromatic N) is 3. The normalized spacial score (nSPS) is 11.9. The summed E-state index contributed by atoms with van der Waals surface area (Å²) in [5, 5.41) is 2.58. The van der Waals surface area contributed by atoms with Crippen molar-refractivity contribution in [1.82, 2.24) is 14.5 Å². The van der Waals surface area contributed by atoms with Gasteiger partial charge in [-0.2, -0.15) is 13.2 Å². The smallest absolute Gasteiger partial charge is 0.416 e. The Hall–Kier alpha value is -3.24. The molecule has 0 radical (unpaired) electrons. The number of benzene rings is 2. The first-order valence-electron chi connectivity index (χ1n) is 11.0. The number of hydrogen-bond acceptors (Lipinski definition) is 6. The van der Waals surface area contributed by atoms with E-state index < -0.39 is 11.7 Å². The summed E-state index contributed by atoms with van der Waals surface area (Å²) in [6.07, 6.45) is -1.87. The molecule has 0 spiro atoms. The first-order chi connectivity index (χ1) is 16.8. The van der Waals surface area contributed by atoms with Crippen LogP contribution in [-0.4, -0.2) is 48.8 Å². The lowest BCUT2D eigenvalue weighted by atomic mass is 10.1. The van der Waals surface area contributed by atoms with Crippen LogP contribution >= 0.6 is 11.3 Å². The van der Waals surface area contributed by atoms with Gasteiger partial charge in [0.15, 0.2) is 11.5 Å². The molecule has 10 heteroatoms. The Morgan fingerprint density at radius 3 is 2.60 bits per heavy atom. The largest absolute Gasteiger partial charge is 0.493 e. The molecule has 0 fully saturated rings. The topological polar surface area (TPSA) is 48.8 Å². The van der Waals surface area contributed by atoms with Crippen molar-refractivity contribution < 1.29 is 27.4 Å². The number of imidazole rings is 1. The Balaban J connectivity index is 1.53. The summed E-state index contributed by atoms with van der Waals surface area (Å²) in [4.78, 5) is 6.56. The minimum absolute atomic E-state index is 0.0870. The predicted octanol–water partition coefficient (Wildman–Crippen LogP) is 6.02. The summed E-state index contributed by atoms with van der Waals surface area (Å²) in [5.41, 5.74) is 0.953. The molecule has 4 rings (SSSR count). The van der Waals surface area contributed by atoms with Crippen LogP contribution in [0.1, 0.15) is 17.5 Å². The summed E-state index contributed by atoms with van der Waals surface area (Å²) in [7, 11) is 5.61. The molecule has 6 nitrogen and oxygen atoms in total. The molecule has 0 aliphatic carbocycles. The third-order valence-electron chi connectivity index (χ3n) is 5.36. The van der Waals surface area contributed by atoms with E-state index in [1.54, 1.807) is 30.9 Å². The molecule has 2 heterocycles. The fourth-order valence-corrected chi connectivity index (χ4v) is 4.44. The Morgan fingerprint density at radius 2 is 1.86 bits per heavy atom. The number of fused-ring (bicyclic) bond motifs is 1. The van der Waals surface area contributed by atoms with Crippen LogP contribution in [0, 0.1) is 0 Å². The maximum atomic E-state index is 13.2. The lowest BCUT2D eigenvalue weighted by Crippen LogP contribution is -2.15. The van der Waals surface area contributed by atoms with E-state index in [1.165, 1.54) is 23.5 Å². The quantitative estimate of drug-likeness (QED) is 0.247. The third-order valence-corrected chi connectivity index (χ3v) is 6.26. The van der Waals surface area contributed by atoms with Gasteiger partial charge < -0.3 is 19.1 Å². The van der Waals surface area contributed by atoms with Crippen LogP contribution in [0.15, 0.2) is 54.2 Å². The molecule has 0 aliphatic rings. The molecule has 0 aliphatic heterocycles. The van der Waals surface area contributed by atoms with Gasteiger partial charge in [0.1, 0.15) is 23.7 Å². The summed E-state index contributed by atoms with van der Waals surface area (Å²) in [5.74, 6) is 1.71. The summed E-state index contributed by atoms with van der Waals surface area (Å²) < 4.78 is 58.8. The van der Waals surface area contributed by atoms with Gasteiger partial charge in [0.25, 0.3) is 0 Å². The molecule has 0 amide bonds. The molecular weight excluding hydrogens is 479 g/mol. The number of rotatable bonds is 10. The van der Waals surface area contributed by atoms with Crippen LogP contribution in [0.3, 0.4) is 0 Å². The van der Waals surface area contributed by atoms with E-state index in [-0.39, 0.29) is 12.2 Å². The van der Waals surface area contributed by atoms with E-state index in [0.29, 0.717) is 23.9 Å². The Bertz CT molecular complexity index is 1280. The van der Waals surface area contributed by atoms with E-state index in [0.717, 1.165) is 35.1 Å². The van der Waals surface area contributed by atoms with Crippen molar-refractivity contribution in [3.05, 3.63) is 65.3 Å². The van der Waals surface area contributed by atoms with Crippen molar-refractivity contribution in [2.45, 2.75) is 19.2 Å². The highest BCUT2D eigenvalue weighted by Gasteiger charge is 2.33. The molecule has 0 unspecified atom stereocenters. The second-order valence-corrected chi connectivity index (χ2v) is 9.07. The maximum Gasteiger partial charge on any atom is 0.416 e. The van der Waals surface area contributed by atoms with Gasteiger partial charge in [0.2, 0.25) is 0 Å². The second kappa shape index (κ2) is 10.6. The Labute approximate surface area is 205 Å². The highest BCUT2D eigenvalue weighted by Crippen LogP contribution is 2.36. The minimum Gasteiger partial charge on any atom is -0.493 e. The predicted molar refractivity (Wildman–Crippen MR) is 130 cm³/mol. The molecule has 0 atom stereocenters. The number of hydrogen-bond donors (Lipinski definition) is 0. The van der Waals surface area contributed by atoms with Gasteiger partial charge in [-0.1, -0.05) is 18.2 Å². The van der Waals surface area contributed by atoms with Gasteiger partial charge in [0.05, 0.1) is 30.3 Å². The zero-order chi connectivity index (χ0) is 25.0. The molecule has 0 bridgehead atoms. The van der Waals surface area contributed by atoms with Crippen molar-refractivity contribution >= 4 is 22.4 Å². The van der Waals surface area contributed by atoms with E-state index in [4.69, 9.17) is 14.2 Å². The van der Waals surface area contributed by atoms with Crippen molar-refractivity contribution in [2.75, 3.05) is 34.4 Å². The molecule has 4 aromatic rings. The average molecular weight is 506 g/mol. The summed E-state index contributed by atoms with van der Waals surface area (Å²) in [6, 6.07) is 10.9. The van der Waals surface area contributed by atoms with Gasteiger partial charge in [-0.05, 0) is 26.6 Å². The molecule has 2 aromatic heterocycles. The highest BCUT2D eigenvalue weighted by atomic mass is 32.1. The zero-order valence-electron chi connectivity index (χ0n) is 19.6. The molecule has 0 N–H and O–H groups in total. The second-order valence-electron chi connectivity index (χ2n) is 8.18. The number of thiophene rings is 1. The summed E-state index contributed by atoms with van der Waals surface area (Å²) >= 11 is 1.41. The highest BCUT2D eigenvalue weighted by molar-refractivity contribution is 7.12. The first-order valence-corrected chi connectivity index (χ1v) is 11.8. The molecule has 35 heavy (non-hydrogen) atoms. The van der Waals surface area contributed by atoms with Gasteiger partial charge in [-0.3, -0.25) is 4.57 Å². The third kappa shape index (κ3) is 5.88. The maximum absolute atomic E-state index is 13.2. The van der Waals surface area contributed by atoms with E-state index in [9.17, 15) is 13.2 Å². The van der Waals surface area contributed by atoms with Gasteiger partial charge in [-0.25, -0.2) is 4.98 Å². The Morgan fingerprint density at radius 1 is 1.06 bits per heavy atom. The van der Waals surface area contributed by atoms with Crippen LogP contribution in [0.4, 0.5) is 13.2 Å². The summed E-state index contributed by atoms with van der Waals surface area (Å²) in [6.45, 7) is 1.27. The van der Waals surface area contributed by atoms with E-state index in [1.807, 2.05) is 30.8 Å². The van der Waals surface area contributed by atoms with E-state index in [2.05, 4.69) is 9.88 Å². The van der Waals surface area contributed by atoms with Crippen molar-refractivity contribution in [3.8, 4) is 22.2 Å². The SMILES string of the molecule is COc1cc2ncn(-c3cc(OCc4ccccc4C(F)(F)F)cs3)c2cc1OCCCN(C)C. The van der Waals surface area contributed by atoms with Crippen LogP contribution in [0.2, 0.25) is 0 Å². The molecule has 0 saturated heterocycles.